The molecule has 1 rings (SSSR count). The number of carboxylic acids is 1. The molecule has 0 saturated carbocycles. The molecule has 1 atom stereocenters. The van der Waals surface area contributed by atoms with E-state index in [0.717, 1.165) is 0 Å². The van der Waals surface area contributed by atoms with Crippen LogP contribution in [-0.4, -0.2) is 25.3 Å². The van der Waals surface area contributed by atoms with Crippen molar-refractivity contribution in [2.45, 2.75) is 5.82 Å². The van der Waals surface area contributed by atoms with Gasteiger partial charge in [-0.05, 0) is 23.8 Å². The second kappa shape index (κ2) is 6.10. The Morgan fingerprint density at radius 3 is 2.44 bits per heavy atom. The maximum atomic E-state index is 11.0. The van der Waals surface area contributed by atoms with Crippen molar-refractivity contribution >= 4 is 36.7 Å². The number of carbonyl (C=O) groups is 1. The van der Waals surface area contributed by atoms with Gasteiger partial charge in [-0.25, -0.2) is 0 Å². The molecule has 0 spiro atoms. The Hall–Kier alpha value is -0.745. The molecule has 0 fully saturated rings. The summed E-state index contributed by atoms with van der Waals surface area (Å²) in [6.45, 7) is -0.0297. The first kappa shape index (κ1) is 13.3. The highest BCUT2D eigenvalue weighted by atomic mass is 35.5. The van der Waals surface area contributed by atoms with E-state index < -0.39 is 11.8 Å². The largest absolute Gasteiger partial charge is 0.481 e. The molecule has 0 aliphatic heterocycles. The summed E-state index contributed by atoms with van der Waals surface area (Å²) in [6.07, 6.45) is 0. The first-order chi connectivity index (χ1) is 7.54. The van der Waals surface area contributed by atoms with Crippen LogP contribution in [0.25, 0.3) is 0 Å². The molecule has 1 aromatic rings. The molecule has 1 aromatic carbocycles. The van der Waals surface area contributed by atoms with Gasteiger partial charge in [-0.15, -0.1) is 0 Å². The van der Waals surface area contributed by atoms with E-state index in [-0.39, 0.29) is 14.2 Å². The van der Waals surface area contributed by atoms with Gasteiger partial charge in [0.2, 0.25) is 0 Å². The normalized spacial score (nSPS) is 12.2. The Kier molecular flexibility index (Phi) is 5.08. The Morgan fingerprint density at radius 2 is 2.00 bits per heavy atom. The monoisotopic (exact) mass is 261 g/mol. The number of rotatable bonds is 5. The summed E-state index contributed by atoms with van der Waals surface area (Å²) in [5, 5.41) is 9.81. The van der Waals surface area contributed by atoms with Crippen molar-refractivity contribution < 1.29 is 14.6 Å². The summed E-state index contributed by atoms with van der Waals surface area (Å²) in [6, 6.07) is 4.63. The molecule has 0 saturated heterocycles. The van der Waals surface area contributed by atoms with Crippen LogP contribution in [0.2, 0.25) is 10.0 Å². The minimum Gasteiger partial charge on any atom is -0.481 e. The molecular formula is C9H10BCl2NO3. The van der Waals surface area contributed by atoms with E-state index in [0.29, 0.717) is 15.6 Å². The van der Waals surface area contributed by atoms with Gasteiger partial charge in [0.25, 0.3) is 7.48 Å². The van der Waals surface area contributed by atoms with Crippen molar-refractivity contribution in [2.75, 3.05) is 6.73 Å². The Bertz CT molecular complexity index is 369. The van der Waals surface area contributed by atoms with E-state index in [4.69, 9.17) is 38.7 Å². The SMILES string of the molecule is NCOBC(C(=O)O)c1cc(Cl)cc(Cl)c1. The highest BCUT2D eigenvalue weighted by Gasteiger charge is 2.22. The van der Waals surface area contributed by atoms with Crippen molar-refractivity contribution in [3.05, 3.63) is 33.8 Å². The second-order valence-corrected chi connectivity index (χ2v) is 4.00. The smallest absolute Gasteiger partial charge is 0.305 e. The predicted octanol–water partition coefficient (Wildman–Crippen LogP) is 1.40. The van der Waals surface area contributed by atoms with Crippen LogP contribution in [0, 0.1) is 0 Å². The lowest BCUT2D eigenvalue weighted by Crippen LogP contribution is -2.23. The quantitative estimate of drug-likeness (QED) is 0.621. The molecule has 0 bridgehead atoms. The minimum atomic E-state index is -1.01. The molecule has 4 nitrogen and oxygen atoms in total. The van der Waals surface area contributed by atoms with Crippen LogP contribution in [0.1, 0.15) is 11.4 Å². The van der Waals surface area contributed by atoms with Crippen molar-refractivity contribution in [3.63, 3.8) is 0 Å². The third-order valence-corrected chi connectivity index (χ3v) is 2.42. The van der Waals surface area contributed by atoms with Crippen LogP contribution in [0.5, 0.6) is 0 Å². The Balaban J connectivity index is 2.96. The predicted molar refractivity (Wildman–Crippen MR) is 64.1 cm³/mol. The highest BCUT2D eigenvalue weighted by molar-refractivity contribution is 6.38. The van der Waals surface area contributed by atoms with E-state index >= 15 is 0 Å². The van der Waals surface area contributed by atoms with Gasteiger partial charge in [0.05, 0.1) is 12.5 Å². The van der Waals surface area contributed by atoms with Gasteiger partial charge >= 0.3 is 5.97 Å². The number of benzene rings is 1. The molecule has 16 heavy (non-hydrogen) atoms. The third kappa shape index (κ3) is 3.68. The molecule has 0 radical (unpaired) electrons. The molecule has 3 N–H and O–H groups in total. The summed E-state index contributed by atoms with van der Waals surface area (Å²) in [5.41, 5.74) is 5.65. The average Bonchev–Trinajstić information content (AvgIpc) is 2.16. The average molecular weight is 262 g/mol. The van der Waals surface area contributed by atoms with Gasteiger partial charge in [-0.1, -0.05) is 23.2 Å². The van der Waals surface area contributed by atoms with Gasteiger partial charge in [0.1, 0.15) is 0 Å². The zero-order chi connectivity index (χ0) is 12.1. The number of aliphatic carboxylic acids is 1. The van der Waals surface area contributed by atoms with Crippen molar-refractivity contribution in [1.82, 2.24) is 0 Å². The molecule has 7 heteroatoms. The summed E-state index contributed by atoms with van der Waals surface area (Å²) < 4.78 is 4.90. The number of carboxylic acid groups (broad SMARTS) is 1. The van der Waals surface area contributed by atoms with Gasteiger partial charge in [0, 0.05) is 10.0 Å². The molecule has 0 heterocycles. The van der Waals surface area contributed by atoms with Crippen LogP contribution in [0.4, 0.5) is 0 Å². The zero-order valence-corrected chi connectivity index (χ0v) is 9.83. The highest BCUT2D eigenvalue weighted by Crippen LogP contribution is 2.24. The second-order valence-electron chi connectivity index (χ2n) is 3.13. The molecule has 0 aliphatic carbocycles. The summed E-state index contributed by atoms with van der Waals surface area (Å²) in [5.74, 6) is -1.83. The van der Waals surface area contributed by atoms with E-state index in [1.165, 1.54) is 6.07 Å². The fraction of sp³-hybridized carbons (Fsp3) is 0.222. The fourth-order valence-electron chi connectivity index (χ4n) is 1.27. The van der Waals surface area contributed by atoms with Crippen LogP contribution in [0.3, 0.4) is 0 Å². The van der Waals surface area contributed by atoms with Crippen molar-refractivity contribution in [3.8, 4) is 0 Å². The summed E-state index contributed by atoms with van der Waals surface area (Å²) in [4.78, 5) is 11.0. The fourth-order valence-corrected chi connectivity index (χ4v) is 1.82. The summed E-state index contributed by atoms with van der Waals surface area (Å²) >= 11 is 11.6. The lowest BCUT2D eigenvalue weighted by atomic mass is 9.75. The molecular weight excluding hydrogens is 252 g/mol. The number of hydrogen-bond acceptors (Lipinski definition) is 3. The molecule has 0 aliphatic rings. The molecule has 1 unspecified atom stereocenters. The number of hydrogen-bond donors (Lipinski definition) is 2. The van der Waals surface area contributed by atoms with E-state index in [2.05, 4.69) is 0 Å². The van der Waals surface area contributed by atoms with E-state index in [9.17, 15) is 4.79 Å². The Labute approximate surface area is 104 Å². The van der Waals surface area contributed by atoms with Crippen molar-refractivity contribution in [1.29, 1.82) is 0 Å². The van der Waals surface area contributed by atoms with E-state index in [1.807, 2.05) is 0 Å². The molecule has 0 amide bonds. The van der Waals surface area contributed by atoms with E-state index in [1.54, 1.807) is 12.1 Å². The first-order valence-electron chi connectivity index (χ1n) is 4.51. The van der Waals surface area contributed by atoms with Crippen LogP contribution in [0.15, 0.2) is 18.2 Å². The van der Waals surface area contributed by atoms with Crippen LogP contribution < -0.4 is 5.73 Å². The summed E-state index contributed by atoms with van der Waals surface area (Å²) in [7, 11) is -0.0114. The zero-order valence-electron chi connectivity index (χ0n) is 8.32. The molecule has 86 valence electrons. The minimum absolute atomic E-state index is 0.0114. The topological polar surface area (TPSA) is 72.5 Å². The maximum absolute atomic E-state index is 11.0. The first-order valence-corrected chi connectivity index (χ1v) is 5.26. The third-order valence-electron chi connectivity index (χ3n) is 1.99. The lowest BCUT2D eigenvalue weighted by molar-refractivity contribution is -0.137. The van der Waals surface area contributed by atoms with Crippen LogP contribution in [-0.2, 0) is 9.45 Å². The standard InChI is InChI=1S/C9H10BCl2NO3/c11-6-1-5(2-7(12)3-6)8(9(14)15)10-16-4-13/h1-3,8,10H,4,13H2,(H,14,15). The van der Waals surface area contributed by atoms with Gasteiger partial charge in [0.15, 0.2) is 0 Å². The van der Waals surface area contributed by atoms with Gasteiger partial charge in [-0.3, -0.25) is 4.79 Å². The van der Waals surface area contributed by atoms with Crippen LogP contribution >= 0.6 is 23.2 Å². The lowest BCUT2D eigenvalue weighted by Gasteiger charge is -2.11. The van der Waals surface area contributed by atoms with Gasteiger partial charge in [-0.2, -0.15) is 0 Å². The molecule has 0 aromatic heterocycles. The number of nitrogens with two attached hydrogens (primary N) is 1. The van der Waals surface area contributed by atoms with Gasteiger partial charge < -0.3 is 15.5 Å². The van der Waals surface area contributed by atoms with Crippen molar-refractivity contribution in [2.24, 2.45) is 5.73 Å². The Morgan fingerprint density at radius 1 is 1.44 bits per heavy atom. The maximum Gasteiger partial charge on any atom is 0.305 e. The number of halogens is 2.